The van der Waals surface area contributed by atoms with E-state index in [4.69, 9.17) is 0 Å². The average molecular weight is 197 g/mol. The zero-order chi connectivity index (χ0) is 9.64. The summed E-state index contributed by atoms with van der Waals surface area (Å²) in [6.45, 7) is 8.68. The van der Waals surface area contributed by atoms with Gasteiger partial charge >= 0.3 is 0 Å². The van der Waals surface area contributed by atoms with Gasteiger partial charge in [0.2, 0.25) is 0 Å². The lowest BCUT2D eigenvalue weighted by Crippen LogP contribution is -2.44. The van der Waals surface area contributed by atoms with Gasteiger partial charge in [-0.3, -0.25) is 0 Å². The van der Waals surface area contributed by atoms with Crippen LogP contribution in [0.1, 0.15) is 19.3 Å². The molecule has 2 aliphatic heterocycles. The van der Waals surface area contributed by atoms with Gasteiger partial charge in [0, 0.05) is 26.2 Å². The first-order valence-electron chi connectivity index (χ1n) is 6.09. The molecule has 0 saturated carbocycles. The van der Waals surface area contributed by atoms with Crippen LogP contribution in [0.25, 0.3) is 0 Å². The van der Waals surface area contributed by atoms with Crippen molar-refractivity contribution in [2.45, 2.75) is 19.3 Å². The fourth-order valence-electron chi connectivity index (χ4n) is 2.47. The standard InChI is InChI=1S/C11H23N3/c1-2-11(10-13-4-1)3-7-14-8-5-12-6-9-14/h11-13H,1-10H2. The lowest BCUT2D eigenvalue weighted by molar-refractivity contribution is 0.214. The van der Waals surface area contributed by atoms with Gasteiger partial charge in [0.25, 0.3) is 0 Å². The Morgan fingerprint density at radius 2 is 1.93 bits per heavy atom. The van der Waals surface area contributed by atoms with Gasteiger partial charge in [-0.2, -0.15) is 0 Å². The Morgan fingerprint density at radius 3 is 2.64 bits per heavy atom. The monoisotopic (exact) mass is 197 g/mol. The minimum Gasteiger partial charge on any atom is -0.316 e. The predicted molar refractivity (Wildman–Crippen MR) is 59.5 cm³/mol. The molecule has 2 N–H and O–H groups in total. The van der Waals surface area contributed by atoms with Crippen LogP contribution in [0, 0.1) is 5.92 Å². The summed E-state index contributed by atoms with van der Waals surface area (Å²) in [5, 5.41) is 6.89. The van der Waals surface area contributed by atoms with E-state index in [1.807, 2.05) is 0 Å². The first-order valence-corrected chi connectivity index (χ1v) is 6.09. The zero-order valence-electron chi connectivity index (χ0n) is 9.10. The minimum absolute atomic E-state index is 0.943. The number of hydrogen-bond donors (Lipinski definition) is 2. The van der Waals surface area contributed by atoms with Crippen LogP contribution in [0.2, 0.25) is 0 Å². The molecule has 14 heavy (non-hydrogen) atoms. The van der Waals surface area contributed by atoms with E-state index in [1.54, 1.807) is 0 Å². The van der Waals surface area contributed by atoms with Crippen molar-refractivity contribution in [3.63, 3.8) is 0 Å². The van der Waals surface area contributed by atoms with E-state index >= 15 is 0 Å². The highest BCUT2D eigenvalue weighted by Gasteiger charge is 2.15. The van der Waals surface area contributed by atoms with Crippen molar-refractivity contribution in [3.05, 3.63) is 0 Å². The molecule has 2 heterocycles. The first kappa shape index (κ1) is 10.4. The van der Waals surface area contributed by atoms with Crippen molar-refractivity contribution < 1.29 is 0 Å². The highest BCUT2D eigenvalue weighted by Crippen LogP contribution is 2.14. The van der Waals surface area contributed by atoms with E-state index in [2.05, 4.69) is 15.5 Å². The van der Waals surface area contributed by atoms with Crippen molar-refractivity contribution in [1.29, 1.82) is 0 Å². The highest BCUT2D eigenvalue weighted by atomic mass is 15.2. The number of piperidine rings is 1. The molecule has 0 aromatic carbocycles. The molecule has 2 saturated heterocycles. The minimum atomic E-state index is 0.943. The molecule has 2 fully saturated rings. The largest absolute Gasteiger partial charge is 0.316 e. The smallest absolute Gasteiger partial charge is 0.0107 e. The summed E-state index contributed by atoms with van der Waals surface area (Å²) in [5.41, 5.74) is 0. The number of nitrogens with zero attached hydrogens (tertiary/aromatic N) is 1. The lowest BCUT2D eigenvalue weighted by atomic mass is 9.96. The maximum absolute atomic E-state index is 3.49. The van der Waals surface area contributed by atoms with Crippen molar-refractivity contribution in [1.82, 2.24) is 15.5 Å². The maximum Gasteiger partial charge on any atom is 0.0107 e. The zero-order valence-corrected chi connectivity index (χ0v) is 9.10. The highest BCUT2D eigenvalue weighted by molar-refractivity contribution is 4.73. The van der Waals surface area contributed by atoms with E-state index in [0.717, 1.165) is 5.92 Å². The molecule has 0 aromatic rings. The van der Waals surface area contributed by atoms with Gasteiger partial charge in [0.05, 0.1) is 0 Å². The van der Waals surface area contributed by atoms with Gasteiger partial charge in [-0.25, -0.2) is 0 Å². The third kappa shape index (κ3) is 3.23. The molecule has 2 rings (SSSR count). The maximum atomic E-state index is 3.49. The molecule has 0 spiro atoms. The van der Waals surface area contributed by atoms with Crippen molar-refractivity contribution in [3.8, 4) is 0 Å². The van der Waals surface area contributed by atoms with Crippen LogP contribution in [-0.2, 0) is 0 Å². The molecule has 1 atom stereocenters. The van der Waals surface area contributed by atoms with E-state index < -0.39 is 0 Å². The molecule has 82 valence electrons. The summed E-state index contributed by atoms with van der Waals surface area (Å²) in [4.78, 5) is 2.60. The van der Waals surface area contributed by atoms with Crippen molar-refractivity contribution >= 4 is 0 Å². The normalized spacial score (nSPS) is 30.4. The molecule has 1 unspecified atom stereocenters. The van der Waals surface area contributed by atoms with Crippen molar-refractivity contribution in [2.75, 3.05) is 45.8 Å². The fourth-order valence-corrected chi connectivity index (χ4v) is 2.47. The molecule has 3 heteroatoms. The summed E-state index contributed by atoms with van der Waals surface area (Å²) in [7, 11) is 0. The Hall–Kier alpha value is -0.120. The number of rotatable bonds is 3. The van der Waals surface area contributed by atoms with Crippen LogP contribution >= 0.6 is 0 Å². The molecule has 0 bridgehead atoms. The van der Waals surface area contributed by atoms with Crippen LogP contribution < -0.4 is 10.6 Å². The van der Waals surface area contributed by atoms with Gasteiger partial charge in [0.15, 0.2) is 0 Å². The van der Waals surface area contributed by atoms with Crippen LogP contribution in [-0.4, -0.2) is 50.7 Å². The fraction of sp³-hybridized carbons (Fsp3) is 1.00. The number of nitrogens with one attached hydrogen (secondary N) is 2. The average Bonchev–Trinajstić information content (AvgIpc) is 2.29. The third-order valence-electron chi connectivity index (χ3n) is 3.46. The van der Waals surface area contributed by atoms with Crippen LogP contribution in [0.5, 0.6) is 0 Å². The van der Waals surface area contributed by atoms with E-state index in [-0.39, 0.29) is 0 Å². The number of hydrogen-bond acceptors (Lipinski definition) is 3. The topological polar surface area (TPSA) is 27.3 Å². The molecule has 0 aliphatic carbocycles. The summed E-state index contributed by atoms with van der Waals surface area (Å²) < 4.78 is 0. The van der Waals surface area contributed by atoms with Crippen LogP contribution in [0.3, 0.4) is 0 Å². The van der Waals surface area contributed by atoms with E-state index in [1.165, 1.54) is 65.1 Å². The molecular weight excluding hydrogens is 174 g/mol. The van der Waals surface area contributed by atoms with Crippen LogP contribution in [0.15, 0.2) is 0 Å². The second-order valence-corrected chi connectivity index (χ2v) is 4.59. The van der Waals surface area contributed by atoms with E-state index in [0.29, 0.717) is 0 Å². The summed E-state index contributed by atoms with van der Waals surface area (Å²) in [6.07, 6.45) is 4.22. The number of piperazine rings is 1. The molecule has 0 radical (unpaired) electrons. The van der Waals surface area contributed by atoms with Gasteiger partial charge in [0.1, 0.15) is 0 Å². The second-order valence-electron chi connectivity index (χ2n) is 4.59. The molecule has 3 nitrogen and oxygen atoms in total. The Bertz CT molecular complexity index is 131. The molecular formula is C11H23N3. The Kier molecular flexibility index (Phi) is 4.22. The van der Waals surface area contributed by atoms with Gasteiger partial charge in [-0.1, -0.05) is 0 Å². The summed E-state index contributed by atoms with van der Waals surface area (Å²) in [5.74, 6) is 0.943. The Balaban J connectivity index is 1.60. The summed E-state index contributed by atoms with van der Waals surface area (Å²) in [6, 6.07) is 0. The summed E-state index contributed by atoms with van der Waals surface area (Å²) >= 11 is 0. The SMILES string of the molecule is C1CNCC(CCN2CCNCC2)C1. The van der Waals surface area contributed by atoms with E-state index in [9.17, 15) is 0 Å². The predicted octanol–water partition coefficient (Wildman–Crippen LogP) is 0.281. The van der Waals surface area contributed by atoms with Gasteiger partial charge in [-0.15, -0.1) is 0 Å². The first-order chi connectivity index (χ1) is 6.95. The van der Waals surface area contributed by atoms with Crippen LogP contribution in [0.4, 0.5) is 0 Å². The lowest BCUT2D eigenvalue weighted by Gasteiger charge is -2.30. The van der Waals surface area contributed by atoms with Crippen molar-refractivity contribution in [2.24, 2.45) is 5.92 Å². The second kappa shape index (κ2) is 5.69. The molecule has 0 amide bonds. The Labute approximate surface area is 87.2 Å². The quantitative estimate of drug-likeness (QED) is 0.680. The Morgan fingerprint density at radius 1 is 1.07 bits per heavy atom. The molecule has 2 aliphatic rings. The van der Waals surface area contributed by atoms with Gasteiger partial charge in [-0.05, 0) is 44.8 Å². The third-order valence-corrected chi connectivity index (χ3v) is 3.46. The molecule has 0 aromatic heterocycles. The van der Waals surface area contributed by atoms with Gasteiger partial charge < -0.3 is 15.5 Å².